The number of rotatable bonds is 11. The van der Waals surface area contributed by atoms with Crippen molar-refractivity contribution in [2.45, 2.75) is 38.5 Å². The van der Waals surface area contributed by atoms with Gasteiger partial charge in [0.15, 0.2) is 0 Å². The van der Waals surface area contributed by atoms with E-state index in [1.165, 1.54) is 5.56 Å². The van der Waals surface area contributed by atoms with Crippen molar-refractivity contribution in [3.05, 3.63) is 48.0 Å². The van der Waals surface area contributed by atoms with E-state index >= 15 is 0 Å². The number of aryl methyl sites for hydroxylation is 1. The number of aliphatic carboxylic acids is 1. The molecule has 0 aromatic heterocycles. The van der Waals surface area contributed by atoms with Gasteiger partial charge in [0.25, 0.3) is 0 Å². The Morgan fingerprint density at radius 1 is 1.23 bits per heavy atom. The molecule has 4 heteroatoms. The number of hydrogen-bond donors (Lipinski definition) is 1. The molecule has 2 aliphatic carbocycles. The third-order valence-corrected chi connectivity index (χ3v) is 5.67. The summed E-state index contributed by atoms with van der Waals surface area (Å²) < 4.78 is 5.33. The Morgan fingerprint density at radius 3 is 2.81 bits per heavy atom. The molecule has 26 heavy (non-hydrogen) atoms. The number of ether oxygens (including phenoxy) is 1. The normalized spacial score (nSPS) is 27.0. The molecule has 4 atom stereocenters. The first-order valence-corrected chi connectivity index (χ1v) is 9.69. The van der Waals surface area contributed by atoms with Gasteiger partial charge < -0.3 is 9.84 Å². The van der Waals surface area contributed by atoms with E-state index in [-0.39, 0.29) is 18.9 Å². The van der Waals surface area contributed by atoms with Gasteiger partial charge in [-0.25, -0.2) is 0 Å². The Labute approximate surface area is 155 Å². The smallest absolute Gasteiger partial charge is 0.305 e. The lowest BCUT2D eigenvalue weighted by Crippen LogP contribution is -2.14. The summed E-state index contributed by atoms with van der Waals surface area (Å²) >= 11 is 0. The van der Waals surface area contributed by atoms with E-state index in [1.54, 1.807) is 0 Å². The van der Waals surface area contributed by atoms with Crippen LogP contribution in [0.4, 0.5) is 0 Å². The van der Waals surface area contributed by atoms with E-state index in [9.17, 15) is 9.59 Å². The molecule has 1 aromatic rings. The minimum atomic E-state index is -0.835. The van der Waals surface area contributed by atoms with Gasteiger partial charge in [0.1, 0.15) is 5.78 Å². The molecule has 0 radical (unpaired) electrons. The quantitative estimate of drug-likeness (QED) is 0.482. The largest absolute Gasteiger partial charge is 0.481 e. The van der Waals surface area contributed by atoms with Crippen molar-refractivity contribution in [3.8, 4) is 0 Å². The molecule has 0 bridgehead atoms. The SMILES string of the molecule is O=C(O)CCOCCC[C@@H]1C(=O)C[C@H]2C(C=CCCc3ccccc3)[C@@H]12. The van der Waals surface area contributed by atoms with Crippen molar-refractivity contribution in [2.24, 2.45) is 23.7 Å². The molecular weight excluding hydrogens is 328 g/mol. The number of carboxylic acid groups (broad SMARTS) is 1. The van der Waals surface area contributed by atoms with Crippen LogP contribution in [0.2, 0.25) is 0 Å². The number of Topliss-reactive ketones (excluding diaryl/α,β-unsaturated/α-hetero) is 1. The van der Waals surface area contributed by atoms with Crippen LogP contribution in [0.25, 0.3) is 0 Å². The number of carboxylic acids is 1. The molecule has 2 fully saturated rings. The number of carbonyl (C=O) groups excluding carboxylic acids is 1. The molecule has 1 N–H and O–H groups in total. The van der Waals surface area contributed by atoms with Crippen LogP contribution in [0, 0.1) is 23.7 Å². The van der Waals surface area contributed by atoms with Gasteiger partial charge in [-0.3, -0.25) is 9.59 Å². The summed E-state index contributed by atoms with van der Waals surface area (Å²) in [7, 11) is 0. The van der Waals surface area contributed by atoms with Crippen molar-refractivity contribution in [3.63, 3.8) is 0 Å². The van der Waals surface area contributed by atoms with Gasteiger partial charge in [-0.05, 0) is 49.0 Å². The lowest BCUT2D eigenvalue weighted by molar-refractivity contribution is -0.138. The van der Waals surface area contributed by atoms with Crippen LogP contribution in [-0.2, 0) is 20.7 Å². The summed E-state index contributed by atoms with van der Waals surface area (Å²) in [5.74, 6) is 1.45. The van der Waals surface area contributed by atoms with E-state index in [4.69, 9.17) is 9.84 Å². The van der Waals surface area contributed by atoms with Gasteiger partial charge in [-0.1, -0.05) is 42.5 Å². The molecule has 0 saturated heterocycles. The zero-order chi connectivity index (χ0) is 18.4. The second-order valence-corrected chi connectivity index (χ2v) is 7.45. The van der Waals surface area contributed by atoms with E-state index in [0.717, 1.165) is 32.1 Å². The van der Waals surface area contributed by atoms with Crippen LogP contribution < -0.4 is 0 Å². The monoisotopic (exact) mass is 356 g/mol. The van der Waals surface area contributed by atoms with Crippen LogP contribution in [0.3, 0.4) is 0 Å². The topological polar surface area (TPSA) is 63.6 Å². The molecule has 1 unspecified atom stereocenters. The third-order valence-electron chi connectivity index (χ3n) is 5.67. The minimum absolute atomic E-state index is 0.0446. The highest BCUT2D eigenvalue weighted by atomic mass is 16.5. The van der Waals surface area contributed by atoms with E-state index < -0.39 is 5.97 Å². The Kier molecular flexibility index (Phi) is 6.62. The number of fused-ring (bicyclic) bond motifs is 1. The molecule has 2 saturated carbocycles. The number of carbonyl (C=O) groups is 2. The Balaban J connectivity index is 1.34. The fourth-order valence-corrected chi connectivity index (χ4v) is 4.30. The number of benzene rings is 1. The highest BCUT2D eigenvalue weighted by molar-refractivity contribution is 5.85. The molecular formula is C22H28O4. The zero-order valence-corrected chi connectivity index (χ0v) is 15.2. The first kappa shape index (κ1) is 18.8. The first-order valence-electron chi connectivity index (χ1n) is 9.69. The number of allylic oxidation sites excluding steroid dienone is 2. The maximum atomic E-state index is 12.1. The molecule has 0 aliphatic heterocycles. The summed E-state index contributed by atoms with van der Waals surface area (Å²) in [6.45, 7) is 0.804. The average molecular weight is 356 g/mol. The van der Waals surface area contributed by atoms with Crippen molar-refractivity contribution >= 4 is 11.8 Å². The van der Waals surface area contributed by atoms with Crippen LogP contribution in [-0.4, -0.2) is 30.1 Å². The maximum Gasteiger partial charge on any atom is 0.305 e. The predicted octanol–water partition coefficient (Wildman–Crippen LogP) is 3.90. The average Bonchev–Trinajstić information content (AvgIpc) is 3.18. The van der Waals surface area contributed by atoms with Crippen LogP contribution >= 0.6 is 0 Å². The molecule has 140 valence electrons. The summed E-state index contributed by atoms with van der Waals surface area (Å²) in [6, 6.07) is 10.5. The highest BCUT2D eigenvalue weighted by Gasteiger charge is 2.59. The van der Waals surface area contributed by atoms with E-state index in [1.807, 2.05) is 6.07 Å². The maximum absolute atomic E-state index is 12.1. The van der Waals surface area contributed by atoms with Crippen LogP contribution in [0.15, 0.2) is 42.5 Å². The zero-order valence-electron chi connectivity index (χ0n) is 15.2. The van der Waals surface area contributed by atoms with E-state index in [2.05, 4.69) is 36.4 Å². The summed E-state index contributed by atoms with van der Waals surface area (Å²) in [4.78, 5) is 22.6. The van der Waals surface area contributed by atoms with Crippen molar-refractivity contribution in [2.75, 3.05) is 13.2 Å². The number of ketones is 1. The van der Waals surface area contributed by atoms with Gasteiger partial charge in [0.05, 0.1) is 13.0 Å². The summed E-state index contributed by atoms with van der Waals surface area (Å²) in [5, 5.41) is 8.57. The molecule has 1 aromatic carbocycles. The van der Waals surface area contributed by atoms with Crippen LogP contribution in [0.1, 0.15) is 37.7 Å². The molecule has 0 spiro atoms. The van der Waals surface area contributed by atoms with Gasteiger partial charge in [0, 0.05) is 18.9 Å². The molecule has 3 rings (SSSR count). The first-order chi connectivity index (χ1) is 12.7. The molecule has 2 aliphatic rings. The Morgan fingerprint density at radius 2 is 2.04 bits per heavy atom. The third kappa shape index (κ3) is 5.04. The van der Waals surface area contributed by atoms with Gasteiger partial charge in [0.2, 0.25) is 0 Å². The van der Waals surface area contributed by atoms with Gasteiger partial charge in [-0.15, -0.1) is 0 Å². The van der Waals surface area contributed by atoms with Gasteiger partial charge in [-0.2, -0.15) is 0 Å². The molecule has 0 heterocycles. The summed E-state index contributed by atoms with van der Waals surface area (Å²) in [5.41, 5.74) is 1.36. The Bertz CT molecular complexity index is 637. The molecule has 4 nitrogen and oxygen atoms in total. The molecule has 0 amide bonds. The van der Waals surface area contributed by atoms with E-state index in [0.29, 0.717) is 30.1 Å². The van der Waals surface area contributed by atoms with Crippen molar-refractivity contribution < 1.29 is 19.4 Å². The second kappa shape index (κ2) is 9.13. The standard InChI is InChI=1S/C22H28O4/c23-20-15-19-17(10-5-4-9-16-7-2-1-3-8-16)22(19)18(20)11-6-13-26-14-12-21(24)25/h1-3,5,7-8,10,17-19,22H,4,6,9,11-15H2,(H,24,25)/t17?,18-,19+,22+/m1/s1. The van der Waals surface area contributed by atoms with Crippen molar-refractivity contribution in [1.82, 2.24) is 0 Å². The summed E-state index contributed by atoms with van der Waals surface area (Å²) in [6.07, 6.45) is 9.23. The fourth-order valence-electron chi connectivity index (χ4n) is 4.30. The van der Waals surface area contributed by atoms with Crippen LogP contribution in [0.5, 0.6) is 0 Å². The van der Waals surface area contributed by atoms with Crippen molar-refractivity contribution in [1.29, 1.82) is 0 Å². The number of hydrogen-bond acceptors (Lipinski definition) is 3. The second-order valence-electron chi connectivity index (χ2n) is 7.45. The highest BCUT2D eigenvalue weighted by Crippen LogP contribution is 2.60. The fraction of sp³-hybridized carbons (Fsp3) is 0.545. The van der Waals surface area contributed by atoms with Gasteiger partial charge >= 0.3 is 5.97 Å². The Hall–Kier alpha value is -1.94. The lowest BCUT2D eigenvalue weighted by atomic mass is 9.93. The lowest BCUT2D eigenvalue weighted by Gasteiger charge is -2.12. The predicted molar refractivity (Wildman–Crippen MR) is 99.8 cm³/mol. The minimum Gasteiger partial charge on any atom is -0.481 e.